The van der Waals surface area contributed by atoms with Crippen LogP contribution in [0.2, 0.25) is 0 Å². The van der Waals surface area contributed by atoms with Crippen molar-refractivity contribution in [2.75, 3.05) is 13.1 Å². The van der Waals surface area contributed by atoms with Crippen LogP contribution >= 0.6 is 0 Å². The normalized spacial score (nSPS) is 16.4. The molecule has 0 saturated carbocycles. The number of hydrogen-bond donors (Lipinski definition) is 0. The summed E-state index contributed by atoms with van der Waals surface area (Å²) in [5.74, 6) is 0.646. The molecular formula is C14H18N2O3. The van der Waals surface area contributed by atoms with E-state index in [9.17, 15) is 14.9 Å². The fourth-order valence-corrected chi connectivity index (χ4v) is 2.39. The zero-order valence-electron chi connectivity index (χ0n) is 11.3. The first-order valence-corrected chi connectivity index (χ1v) is 6.53. The van der Waals surface area contributed by atoms with Crippen LogP contribution in [0.3, 0.4) is 0 Å². The van der Waals surface area contributed by atoms with Crippen molar-refractivity contribution in [2.24, 2.45) is 5.92 Å². The maximum absolute atomic E-state index is 12.3. The predicted octanol–water partition coefficient (Wildman–Crippen LogP) is 2.78. The number of rotatable bonds is 2. The highest BCUT2D eigenvalue weighted by Crippen LogP contribution is 2.22. The first-order chi connectivity index (χ1) is 8.99. The molecule has 5 nitrogen and oxygen atoms in total. The van der Waals surface area contributed by atoms with Crippen LogP contribution in [-0.4, -0.2) is 28.8 Å². The molecule has 0 atom stereocenters. The van der Waals surface area contributed by atoms with Crippen molar-refractivity contribution in [3.8, 4) is 0 Å². The SMILES string of the molecule is Cc1cc(C(=O)N2CCC(C)CC2)ccc1[N+](=O)[O-]. The lowest BCUT2D eigenvalue weighted by molar-refractivity contribution is -0.385. The second-order valence-electron chi connectivity index (χ2n) is 5.23. The van der Waals surface area contributed by atoms with Gasteiger partial charge in [0, 0.05) is 30.3 Å². The molecular weight excluding hydrogens is 244 g/mol. The number of aryl methyl sites for hydroxylation is 1. The van der Waals surface area contributed by atoms with Crippen LogP contribution in [0.15, 0.2) is 18.2 Å². The number of piperidine rings is 1. The minimum atomic E-state index is -0.424. The standard InChI is InChI=1S/C14H18N2O3/c1-10-5-7-15(8-6-10)14(17)12-3-4-13(16(18)19)11(2)9-12/h3-4,9-10H,5-8H2,1-2H3. The molecule has 0 aromatic heterocycles. The average Bonchev–Trinajstić information content (AvgIpc) is 2.38. The van der Waals surface area contributed by atoms with Crippen LogP contribution in [0.25, 0.3) is 0 Å². The molecule has 1 aromatic rings. The third-order valence-electron chi connectivity index (χ3n) is 3.71. The number of nitro groups is 1. The monoisotopic (exact) mass is 262 g/mol. The molecule has 0 radical (unpaired) electrons. The van der Waals surface area contributed by atoms with Gasteiger partial charge >= 0.3 is 0 Å². The van der Waals surface area contributed by atoms with Crippen LogP contribution in [-0.2, 0) is 0 Å². The Balaban J connectivity index is 2.16. The van der Waals surface area contributed by atoms with Crippen molar-refractivity contribution < 1.29 is 9.72 Å². The second-order valence-corrected chi connectivity index (χ2v) is 5.23. The summed E-state index contributed by atoms with van der Waals surface area (Å²) < 4.78 is 0. The van der Waals surface area contributed by atoms with Gasteiger partial charge in [0.2, 0.25) is 0 Å². The Morgan fingerprint density at radius 1 is 1.37 bits per heavy atom. The lowest BCUT2D eigenvalue weighted by atomic mass is 9.98. The van der Waals surface area contributed by atoms with Gasteiger partial charge in [-0.3, -0.25) is 14.9 Å². The van der Waals surface area contributed by atoms with Crippen molar-refractivity contribution >= 4 is 11.6 Å². The molecule has 1 aliphatic heterocycles. The van der Waals surface area contributed by atoms with Crippen LogP contribution in [0.4, 0.5) is 5.69 Å². The van der Waals surface area contributed by atoms with Gasteiger partial charge in [-0.2, -0.15) is 0 Å². The molecule has 0 aliphatic carbocycles. The Labute approximate surface area is 112 Å². The number of carbonyl (C=O) groups is 1. The maximum Gasteiger partial charge on any atom is 0.272 e. The molecule has 1 fully saturated rings. The quantitative estimate of drug-likeness (QED) is 0.608. The Hall–Kier alpha value is -1.91. The highest BCUT2D eigenvalue weighted by molar-refractivity contribution is 5.94. The minimum Gasteiger partial charge on any atom is -0.339 e. The van der Waals surface area contributed by atoms with Crippen LogP contribution < -0.4 is 0 Å². The summed E-state index contributed by atoms with van der Waals surface area (Å²) >= 11 is 0. The Bertz CT molecular complexity index is 505. The van der Waals surface area contributed by atoms with E-state index in [0.717, 1.165) is 25.9 Å². The lowest BCUT2D eigenvalue weighted by Gasteiger charge is -2.30. The van der Waals surface area contributed by atoms with Gasteiger partial charge in [0.15, 0.2) is 0 Å². The van der Waals surface area contributed by atoms with Crippen LogP contribution in [0.5, 0.6) is 0 Å². The van der Waals surface area contributed by atoms with E-state index in [4.69, 9.17) is 0 Å². The van der Waals surface area contributed by atoms with Crippen LogP contribution in [0, 0.1) is 23.0 Å². The highest BCUT2D eigenvalue weighted by Gasteiger charge is 2.22. The van der Waals surface area contributed by atoms with Gasteiger partial charge in [0.05, 0.1) is 4.92 Å². The molecule has 0 bridgehead atoms. The molecule has 1 saturated heterocycles. The highest BCUT2D eigenvalue weighted by atomic mass is 16.6. The minimum absolute atomic E-state index is 0.0232. The zero-order chi connectivity index (χ0) is 14.0. The number of nitro benzene ring substituents is 1. The summed E-state index contributed by atoms with van der Waals surface area (Å²) in [5.41, 5.74) is 1.13. The van der Waals surface area contributed by atoms with E-state index in [1.807, 2.05) is 4.90 Å². The summed E-state index contributed by atoms with van der Waals surface area (Å²) in [6, 6.07) is 4.57. The molecule has 0 spiro atoms. The summed E-state index contributed by atoms with van der Waals surface area (Å²) in [6.07, 6.45) is 2.05. The van der Waals surface area contributed by atoms with Gasteiger partial charge in [-0.1, -0.05) is 6.92 Å². The molecule has 1 aliphatic rings. The van der Waals surface area contributed by atoms with Crippen LogP contribution in [0.1, 0.15) is 35.7 Å². The molecule has 5 heteroatoms. The van der Waals surface area contributed by atoms with Gasteiger partial charge < -0.3 is 4.90 Å². The number of carbonyl (C=O) groups excluding carboxylic acids is 1. The third kappa shape index (κ3) is 2.92. The van der Waals surface area contributed by atoms with Crippen molar-refractivity contribution in [3.05, 3.63) is 39.4 Å². The number of hydrogen-bond acceptors (Lipinski definition) is 3. The summed E-state index contributed by atoms with van der Waals surface area (Å²) in [6.45, 7) is 5.40. The number of nitrogens with zero attached hydrogens (tertiary/aromatic N) is 2. The molecule has 1 heterocycles. The molecule has 1 amide bonds. The second kappa shape index (κ2) is 5.38. The van der Waals surface area contributed by atoms with Gasteiger partial charge in [0.25, 0.3) is 11.6 Å². The topological polar surface area (TPSA) is 63.5 Å². The molecule has 0 unspecified atom stereocenters. The van der Waals surface area contributed by atoms with E-state index >= 15 is 0 Å². The first kappa shape index (κ1) is 13.5. The smallest absolute Gasteiger partial charge is 0.272 e. The Morgan fingerprint density at radius 2 is 2.00 bits per heavy atom. The van der Waals surface area contributed by atoms with E-state index < -0.39 is 4.92 Å². The summed E-state index contributed by atoms with van der Waals surface area (Å²) in [5, 5.41) is 10.8. The third-order valence-corrected chi connectivity index (χ3v) is 3.71. The van der Waals surface area contributed by atoms with Crippen molar-refractivity contribution in [3.63, 3.8) is 0 Å². The molecule has 0 N–H and O–H groups in total. The predicted molar refractivity (Wildman–Crippen MR) is 72.1 cm³/mol. The van der Waals surface area contributed by atoms with E-state index in [1.165, 1.54) is 6.07 Å². The zero-order valence-corrected chi connectivity index (χ0v) is 11.3. The van der Waals surface area contributed by atoms with Gasteiger partial charge in [-0.05, 0) is 37.8 Å². The average molecular weight is 262 g/mol. The molecule has 19 heavy (non-hydrogen) atoms. The fraction of sp³-hybridized carbons (Fsp3) is 0.500. The van der Waals surface area contributed by atoms with E-state index in [0.29, 0.717) is 17.0 Å². The summed E-state index contributed by atoms with van der Waals surface area (Å²) in [7, 11) is 0. The van der Waals surface area contributed by atoms with Crippen molar-refractivity contribution in [1.82, 2.24) is 4.90 Å². The molecule has 2 rings (SSSR count). The Kier molecular flexibility index (Phi) is 3.83. The Morgan fingerprint density at radius 3 is 2.53 bits per heavy atom. The van der Waals surface area contributed by atoms with E-state index in [2.05, 4.69) is 6.92 Å². The summed E-state index contributed by atoms with van der Waals surface area (Å²) in [4.78, 5) is 24.5. The number of likely N-dealkylation sites (tertiary alicyclic amines) is 1. The number of amides is 1. The fourth-order valence-electron chi connectivity index (χ4n) is 2.39. The lowest BCUT2D eigenvalue weighted by Crippen LogP contribution is -2.37. The number of benzene rings is 1. The molecule has 1 aromatic carbocycles. The van der Waals surface area contributed by atoms with Crippen molar-refractivity contribution in [1.29, 1.82) is 0 Å². The first-order valence-electron chi connectivity index (χ1n) is 6.53. The van der Waals surface area contributed by atoms with Gasteiger partial charge in [0.1, 0.15) is 0 Å². The largest absolute Gasteiger partial charge is 0.339 e. The molecule has 102 valence electrons. The van der Waals surface area contributed by atoms with E-state index in [1.54, 1.807) is 19.1 Å². The van der Waals surface area contributed by atoms with Gasteiger partial charge in [-0.25, -0.2) is 0 Å². The maximum atomic E-state index is 12.3. The van der Waals surface area contributed by atoms with Gasteiger partial charge in [-0.15, -0.1) is 0 Å². The van der Waals surface area contributed by atoms with Crippen molar-refractivity contribution in [2.45, 2.75) is 26.7 Å². The van der Waals surface area contributed by atoms with E-state index in [-0.39, 0.29) is 11.6 Å².